The summed E-state index contributed by atoms with van der Waals surface area (Å²) in [6.07, 6.45) is -1.03. The SMILES string of the molecule is CC(=O)N[C@@H](Oc1ccccc1)C(Cl)(Cl)Cl. The van der Waals surface area contributed by atoms with Gasteiger partial charge >= 0.3 is 0 Å². The van der Waals surface area contributed by atoms with Gasteiger partial charge < -0.3 is 10.1 Å². The number of alkyl halides is 3. The van der Waals surface area contributed by atoms with Gasteiger partial charge in [0.25, 0.3) is 0 Å². The van der Waals surface area contributed by atoms with Crippen molar-refractivity contribution in [2.45, 2.75) is 16.9 Å². The topological polar surface area (TPSA) is 38.3 Å². The zero-order valence-corrected chi connectivity index (χ0v) is 10.7. The first-order valence-corrected chi connectivity index (χ1v) is 5.58. The lowest BCUT2D eigenvalue weighted by Gasteiger charge is -2.25. The molecule has 1 aromatic carbocycles. The van der Waals surface area contributed by atoms with Gasteiger partial charge in [-0.1, -0.05) is 53.0 Å². The van der Waals surface area contributed by atoms with Crippen molar-refractivity contribution < 1.29 is 9.53 Å². The van der Waals surface area contributed by atoms with Crippen LogP contribution in [0.1, 0.15) is 6.92 Å². The summed E-state index contributed by atoms with van der Waals surface area (Å²) in [6, 6.07) is 8.78. The molecule has 0 fully saturated rings. The number of amides is 1. The second-order valence-corrected chi connectivity index (χ2v) is 5.42. The Morgan fingerprint density at radius 1 is 1.31 bits per heavy atom. The highest BCUT2D eigenvalue weighted by Crippen LogP contribution is 2.31. The Morgan fingerprint density at radius 3 is 2.31 bits per heavy atom. The molecule has 0 aliphatic heterocycles. The van der Waals surface area contributed by atoms with E-state index in [1.807, 2.05) is 6.07 Å². The highest BCUT2D eigenvalue weighted by atomic mass is 35.6. The van der Waals surface area contributed by atoms with E-state index in [-0.39, 0.29) is 5.91 Å². The quantitative estimate of drug-likeness (QED) is 0.684. The average molecular weight is 283 g/mol. The van der Waals surface area contributed by atoms with Gasteiger partial charge in [-0.05, 0) is 12.1 Å². The van der Waals surface area contributed by atoms with Crippen LogP contribution >= 0.6 is 34.8 Å². The third kappa shape index (κ3) is 4.47. The molecular weight excluding hydrogens is 272 g/mol. The standard InChI is InChI=1S/C10H10Cl3NO2/c1-7(15)14-9(10(11,12)13)16-8-5-3-2-4-6-8/h2-6,9H,1H3,(H,14,15)/t9-/m0/s1. The van der Waals surface area contributed by atoms with Crippen LogP contribution < -0.4 is 10.1 Å². The van der Waals surface area contributed by atoms with E-state index in [4.69, 9.17) is 39.5 Å². The summed E-state index contributed by atoms with van der Waals surface area (Å²) in [7, 11) is 0. The smallest absolute Gasteiger partial charge is 0.246 e. The fraction of sp³-hybridized carbons (Fsp3) is 0.300. The highest BCUT2D eigenvalue weighted by Gasteiger charge is 2.35. The van der Waals surface area contributed by atoms with Crippen LogP contribution in [-0.4, -0.2) is 15.9 Å². The number of hydrogen-bond donors (Lipinski definition) is 1. The zero-order valence-electron chi connectivity index (χ0n) is 8.41. The van der Waals surface area contributed by atoms with Gasteiger partial charge in [0.15, 0.2) is 0 Å². The lowest BCUT2D eigenvalue weighted by Crippen LogP contribution is -2.47. The van der Waals surface area contributed by atoms with Gasteiger partial charge in [0, 0.05) is 6.92 Å². The fourth-order valence-electron chi connectivity index (χ4n) is 0.998. The Kier molecular flexibility index (Phi) is 4.71. The summed E-state index contributed by atoms with van der Waals surface area (Å²) >= 11 is 17.1. The lowest BCUT2D eigenvalue weighted by molar-refractivity contribution is -0.121. The normalized spacial score (nSPS) is 13.0. The molecule has 0 radical (unpaired) electrons. The number of carbonyl (C=O) groups is 1. The van der Waals surface area contributed by atoms with Gasteiger partial charge in [0.2, 0.25) is 15.9 Å². The number of rotatable bonds is 3. The van der Waals surface area contributed by atoms with Crippen LogP contribution in [0.25, 0.3) is 0 Å². The summed E-state index contributed by atoms with van der Waals surface area (Å²) < 4.78 is 3.63. The Labute approximate surface area is 109 Å². The van der Waals surface area contributed by atoms with E-state index in [0.717, 1.165) is 0 Å². The number of nitrogens with one attached hydrogen (secondary N) is 1. The minimum absolute atomic E-state index is 0.341. The number of halogens is 3. The number of para-hydroxylation sites is 1. The molecule has 0 aromatic heterocycles. The Morgan fingerprint density at radius 2 is 1.88 bits per heavy atom. The Hall–Kier alpha value is -0.640. The largest absolute Gasteiger partial charge is 0.466 e. The van der Waals surface area contributed by atoms with E-state index in [1.165, 1.54) is 6.92 Å². The molecule has 6 heteroatoms. The van der Waals surface area contributed by atoms with Crippen LogP contribution in [-0.2, 0) is 4.79 Å². The second-order valence-electron chi connectivity index (χ2n) is 3.05. The molecule has 1 rings (SSSR count). The molecule has 0 saturated carbocycles. The molecule has 3 nitrogen and oxygen atoms in total. The van der Waals surface area contributed by atoms with Crippen molar-refractivity contribution in [1.82, 2.24) is 5.32 Å². The molecule has 0 saturated heterocycles. The van der Waals surface area contributed by atoms with E-state index in [2.05, 4.69) is 5.32 Å². The predicted octanol–water partition coefficient (Wildman–Crippen LogP) is 2.90. The van der Waals surface area contributed by atoms with E-state index >= 15 is 0 Å². The molecule has 0 spiro atoms. The fourth-order valence-corrected chi connectivity index (χ4v) is 1.30. The Bertz CT molecular complexity index is 351. The highest BCUT2D eigenvalue weighted by molar-refractivity contribution is 6.68. The maximum absolute atomic E-state index is 10.9. The van der Waals surface area contributed by atoms with E-state index in [0.29, 0.717) is 5.75 Å². The molecule has 1 atom stereocenters. The molecule has 16 heavy (non-hydrogen) atoms. The van der Waals surface area contributed by atoms with Crippen molar-refractivity contribution in [3.8, 4) is 5.75 Å². The predicted molar refractivity (Wildman–Crippen MR) is 65.0 cm³/mol. The number of hydrogen-bond acceptors (Lipinski definition) is 2. The summed E-state index contributed by atoms with van der Waals surface area (Å²) in [4.78, 5) is 10.9. The van der Waals surface area contributed by atoms with Crippen LogP contribution in [0.15, 0.2) is 30.3 Å². The van der Waals surface area contributed by atoms with Crippen LogP contribution in [0.5, 0.6) is 5.75 Å². The van der Waals surface area contributed by atoms with E-state index in [1.54, 1.807) is 24.3 Å². The first-order chi connectivity index (χ1) is 7.39. The van der Waals surface area contributed by atoms with Gasteiger partial charge in [-0.15, -0.1) is 0 Å². The van der Waals surface area contributed by atoms with Crippen molar-refractivity contribution in [3.05, 3.63) is 30.3 Å². The van der Waals surface area contributed by atoms with Crippen molar-refractivity contribution in [1.29, 1.82) is 0 Å². The molecule has 0 heterocycles. The summed E-state index contributed by atoms with van der Waals surface area (Å²) in [5.74, 6) is 0.167. The van der Waals surface area contributed by atoms with Crippen molar-refractivity contribution in [2.24, 2.45) is 0 Å². The van der Waals surface area contributed by atoms with Crippen molar-refractivity contribution >= 4 is 40.7 Å². The summed E-state index contributed by atoms with van der Waals surface area (Å²) in [6.45, 7) is 1.32. The van der Waals surface area contributed by atoms with E-state index in [9.17, 15) is 4.79 Å². The molecule has 0 unspecified atom stereocenters. The van der Waals surface area contributed by atoms with Crippen LogP contribution in [0.3, 0.4) is 0 Å². The number of ether oxygens (including phenoxy) is 1. The van der Waals surface area contributed by atoms with Crippen LogP contribution in [0, 0.1) is 0 Å². The van der Waals surface area contributed by atoms with Gasteiger partial charge in [0.1, 0.15) is 5.75 Å². The van der Waals surface area contributed by atoms with Crippen molar-refractivity contribution in [3.63, 3.8) is 0 Å². The molecule has 0 bridgehead atoms. The maximum Gasteiger partial charge on any atom is 0.246 e. The minimum atomic E-state index is -1.73. The van der Waals surface area contributed by atoms with E-state index < -0.39 is 10.0 Å². The molecule has 1 aromatic rings. The van der Waals surface area contributed by atoms with Gasteiger partial charge in [0.05, 0.1) is 0 Å². The summed E-state index contributed by atoms with van der Waals surface area (Å²) in [5.41, 5.74) is 0. The van der Waals surface area contributed by atoms with Crippen LogP contribution in [0.2, 0.25) is 0 Å². The van der Waals surface area contributed by atoms with Gasteiger partial charge in [-0.3, -0.25) is 4.79 Å². The van der Waals surface area contributed by atoms with Gasteiger partial charge in [-0.2, -0.15) is 0 Å². The van der Waals surface area contributed by atoms with Crippen molar-refractivity contribution in [2.75, 3.05) is 0 Å². The molecule has 0 aliphatic carbocycles. The monoisotopic (exact) mass is 281 g/mol. The zero-order chi connectivity index (χ0) is 12.2. The van der Waals surface area contributed by atoms with Crippen LogP contribution in [0.4, 0.5) is 0 Å². The minimum Gasteiger partial charge on any atom is -0.466 e. The average Bonchev–Trinajstić information content (AvgIpc) is 2.16. The number of carbonyl (C=O) groups excluding carboxylic acids is 1. The molecule has 1 amide bonds. The third-order valence-corrected chi connectivity index (χ3v) is 2.22. The first kappa shape index (κ1) is 13.4. The van der Waals surface area contributed by atoms with Gasteiger partial charge in [-0.25, -0.2) is 0 Å². The molecule has 0 aliphatic rings. The maximum atomic E-state index is 10.9. The lowest BCUT2D eigenvalue weighted by atomic mass is 10.3. The molecule has 88 valence electrons. The molecule has 1 N–H and O–H groups in total. The second kappa shape index (κ2) is 5.62. The Balaban J connectivity index is 2.75. The molecular formula is C10H10Cl3NO2. The number of benzene rings is 1. The third-order valence-electron chi connectivity index (χ3n) is 1.63. The summed E-state index contributed by atoms with van der Waals surface area (Å²) in [5, 5.41) is 2.41. The first-order valence-electron chi connectivity index (χ1n) is 4.45.